The minimum atomic E-state index is -3.68. The van der Waals surface area contributed by atoms with Crippen LogP contribution < -0.4 is 4.73 Å². The van der Waals surface area contributed by atoms with Crippen molar-refractivity contribution >= 4 is 36.9 Å². The van der Waals surface area contributed by atoms with Gasteiger partial charge in [-0.05, 0) is 35.0 Å². The molecule has 3 aromatic rings. The normalized spacial score (nSPS) is 11.9. The summed E-state index contributed by atoms with van der Waals surface area (Å²) in [7, 11) is -3.68. The van der Waals surface area contributed by atoms with Gasteiger partial charge in [0.15, 0.2) is 0 Å². The van der Waals surface area contributed by atoms with Crippen molar-refractivity contribution in [2.75, 3.05) is 0 Å². The molecule has 0 amide bonds. The molecule has 3 rings (SSSR count). The Morgan fingerprint density at radius 2 is 1.86 bits per heavy atom. The second-order valence-electron chi connectivity index (χ2n) is 4.71. The summed E-state index contributed by atoms with van der Waals surface area (Å²) in [4.78, 5) is 0.221. The van der Waals surface area contributed by atoms with Gasteiger partial charge in [-0.25, -0.2) is 12.4 Å². The second-order valence-corrected chi connectivity index (χ2v) is 7.38. The highest BCUT2D eigenvalue weighted by atomic mass is 79.9. The standard InChI is InChI=1S/C14H12BrN2O3S/c1-10-2-4-11(5-3-10)21(19,20)17-9-13(15)12-8-16(18)7-6-14(12)17/h2-9,18H,1H3/q+1. The second kappa shape index (κ2) is 4.85. The zero-order valence-corrected chi connectivity index (χ0v) is 13.5. The highest BCUT2D eigenvalue weighted by molar-refractivity contribution is 9.10. The van der Waals surface area contributed by atoms with Crippen LogP contribution in [0.25, 0.3) is 10.9 Å². The summed E-state index contributed by atoms with van der Waals surface area (Å²) >= 11 is 3.32. The molecule has 0 saturated carbocycles. The molecule has 0 radical (unpaired) electrons. The van der Waals surface area contributed by atoms with Gasteiger partial charge in [-0.1, -0.05) is 17.7 Å². The summed E-state index contributed by atoms with van der Waals surface area (Å²) in [6, 6.07) is 8.23. The third-order valence-electron chi connectivity index (χ3n) is 3.23. The Morgan fingerprint density at radius 1 is 1.19 bits per heavy atom. The maximum absolute atomic E-state index is 12.7. The monoisotopic (exact) mass is 367 g/mol. The van der Waals surface area contributed by atoms with Crippen LogP contribution in [-0.2, 0) is 10.0 Å². The topological polar surface area (TPSA) is 63.2 Å². The maximum Gasteiger partial charge on any atom is 0.268 e. The van der Waals surface area contributed by atoms with Crippen LogP contribution in [0.5, 0.6) is 0 Å². The average molecular weight is 368 g/mol. The van der Waals surface area contributed by atoms with E-state index in [2.05, 4.69) is 15.9 Å². The zero-order chi connectivity index (χ0) is 15.2. The molecule has 1 N–H and O–H groups in total. The Kier molecular flexibility index (Phi) is 3.26. The predicted octanol–water partition coefficient (Wildman–Crippen LogP) is 2.47. The van der Waals surface area contributed by atoms with Crippen molar-refractivity contribution < 1.29 is 18.4 Å². The molecule has 0 bridgehead atoms. The fourth-order valence-corrected chi connectivity index (χ4v) is 4.13. The first-order valence-corrected chi connectivity index (χ1v) is 8.36. The van der Waals surface area contributed by atoms with E-state index in [1.165, 1.54) is 22.6 Å². The van der Waals surface area contributed by atoms with Crippen molar-refractivity contribution in [2.45, 2.75) is 11.8 Å². The van der Waals surface area contributed by atoms with Crippen molar-refractivity contribution in [3.8, 4) is 0 Å². The predicted molar refractivity (Wildman–Crippen MR) is 80.8 cm³/mol. The molecule has 0 atom stereocenters. The van der Waals surface area contributed by atoms with Crippen molar-refractivity contribution in [3.63, 3.8) is 0 Å². The van der Waals surface area contributed by atoms with Crippen molar-refractivity contribution in [2.24, 2.45) is 0 Å². The van der Waals surface area contributed by atoms with E-state index in [0.717, 1.165) is 10.3 Å². The fraction of sp³-hybridized carbons (Fsp3) is 0.0714. The van der Waals surface area contributed by atoms with Crippen LogP contribution in [-0.4, -0.2) is 17.6 Å². The molecule has 2 aromatic heterocycles. The highest BCUT2D eigenvalue weighted by Gasteiger charge is 2.22. The quantitative estimate of drug-likeness (QED) is 0.558. The molecular weight excluding hydrogens is 356 g/mol. The van der Waals surface area contributed by atoms with Gasteiger partial charge in [0.2, 0.25) is 12.4 Å². The molecule has 2 heterocycles. The summed E-state index contributed by atoms with van der Waals surface area (Å²) in [5.74, 6) is 0. The third-order valence-corrected chi connectivity index (χ3v) is 5.55. The maximum atomic E-state index is 12.7. The smallest absolute Gasteiger partial charge is 0.268 e. The summed E-state index contributed by atoms with van der Waals surface area (Å²) in [5, 5.41) is 10.1. The fourth-order valence-electron chi connectivity index (χ4n) is 2.12. The molecule has 0 spiro atoms. The molecule has 0 aliphatic rings. The molecule has 108 valence electrons. The van der Waals surface area contributed by atoms with Crippen LogP contribution >= 0.6 is 15.9 Å². The Balaban J connectivity index is 2.26. The molecule has 0 saturated heterocycles. The number of rotatable bonds is 2. The number of hydrogen-bond acceptors (Lipinski definition) is 3. The molecule has 0 aliphatic carbocycles. The number of fused-ring (bicyclic) bond motifs is 1. The molecule has 0 fully saturated rings. The van der Waals surface area contributed by atoms with Gasteiger partial charge in [-0.2, -0.15) is 0 Å². The molecule has 0 aliphatic heterocycles. The summed E-state index contributed by atoms with van der Waals surface area (Å²) in [6.07, 6.45) is 4.32. The number of aryl methyl sites for hydroxylation is 1. The van der Waals surface area contributed by atoms with Crippen LogP contribution in [0.4, 0.5) is 0 Å². The van der Waals surface area contributed by atoms with E-state index in [-0.39, 0.29) is 4.90 Å². The Labute approximate surface area is 130 Å². The van der Waals surface area contributed by atoms with Gasteiger partial charge in [0.25, 0.3) is 10.0 Å². The SMILES string of the molecule is Cc1ccc(S(=O)(=O)n2cc(Br)c3c[n+](O)ccc32)cc1. The van der Waals surface area contributed by atoms with Gasteiger partial charge in [0.05, 0.1) is 20.3 Å². The van der Waals surface area contributed by atoms with Crippen LogP contribution in [0, 0.1) is 6.92 Å². The van der Waals surface area contributed by atoms with Crippen LogP contribution in [0.1, 0.15) is 5.56 Å². The summed E-state index contributed by atoms with van der Waals surface area (Å²) in [6.45, 7) is 1.90. The van der Waals surface area contributed by atoms with E-state index < -0.39 is 10.0 Å². The van der Waals surface area contributed by atoms with E-state index in [1.54, 1.807) is 30.3 Å². The van der Waals surface area contributed by atoms with Crippen molar-refractivity contribution in [1.82, 2.24) is 3.97 Å². The molecule has 0 unspecified atom stereocenters. The highest BCUT2D eigenvalue weighted by Crippen LogP contribution is 2.28. The van der Waals surface area contributed by atoms with Crippen molar-refractivity contribution in [1.29, 1.82) is 0 Å². The molecular formula is C14H12BrN2O3S+. The Hall–Kier alpha value is -1.86. The van der Waals surface area contributed by atoms with Gasteiger partial charge >= 0.3 is 0 Å². The largest absolute Gasteiger partial charge is 0.285 e. The minimum absolute atomic E-state index is 0.221. The first kappa shape index (κ1) is 14.1. The van der Waals surface area contributed by atoms with Crippen molar-refractivity contribution in [3.05, 3.63) is 59.0 Å². The number of hydrogen-bond donors (Lipinski definition) is 1. The molecule has 1 aromatic carbocycles. The molecule has 7 heteroatoms. The van der Waals surface area contributed by atoms with Gasteiger partial charge < -0.3 is 0 Å². The number of aromatic nitrogens is 2. The summed E-state index contributed by atoms with van der Waals surface area (Å²) < 4.78 is 28.1. The Bertz CT molecular complexity index is 931. The lowest BCUT2D eigenvalue weighted by atomic mass is 10.2. The minimum Gasteiger partial charge on any atom is -0.285 e. The van der Waals surface area contributed by atoms with Gasteiger partial charge in [0, 0.05) is 17.0 Å². The number of benzene rings is 1. The average Bonchev–Trinajstić information content (AvgIpc) is 2.77. The first-order valence-electron chi connectivity index (χ1n) is 6.13. The third kappa shape index (κ3) is 2.32. The molecule has 21 heavy (non-hydrogen) atoms. The lowest BCUT2D eigenvalue weighted by molar-refractivity contribution is -0.904. The van der Waals surface area contributed by atoms with E-state index >= 15 is 0 Å². The van der Waals surface area contributed by atoms with Gasteiger partial charge in [-0.15, -0.1) is 0 Å². The van der Waals surface area contributed by atoms with Crippen LogP contribution in [0.2, 0.25) is 0 Å². The van der Waals surface area contributed by atoms with E-state index in [4.69, 9.17) is 0 Å². The first-order chi connectivity index (χ1) is 9.89. The van der Waals surface area contributed by atoms with Gasteiger partial charge in [0.1, 0.15) is 0 Å². The van der Waals surface area contributed by atoms with Crippen LogP contribution in [0.3, 0.4) is 0 Å². The lowest BCUT2D eigenvalue weighted by Crippen LogP contribution is -2.28. The number of halogens is 1. The van der Waals surface area contributed by atoms with Crippen LogP contribution in [0.15, 0.2) is 58.3 Å². The van der Waals surface area contributed by atoms with E-state index in [1.807, 2.05) is 6.92 Å². The lowest BCUT2D eigenvalue weighted by Gasteiger charge is -2.07. The molecule has 5 nitrogen and oxygen atoms in total. The summed E-state index contributed by atoms with van der Waals surface area (Å²) in [5.41, 5.74) is 1.49. The van der Waals surface area contributed by atoms with Gasteiger partial charge in [-0.3, -0.25) is 5.21 Å². The zero-order valence-electron chi connectivity index (χ0n) is 11.1. The Morgan fingerprint density at radius 3 is 2.52 bits per heavy atom. The van der Waals surface area contributed by atoms with E-state index in [0.29, 0.717) is 15.4 Å². The van der Waals surface area contributed by atoms with E-state index in [9.17, 15) is 13.6 Å². The number of pyridine rings is 1. The number of nitrogens with zero attached hydrogens (tertiary/aromatic N) is 2.